The molecule has 2 aliphatic rings. The van der Waals surface area contributed by atoms with Gasteiger partial charge < -0.3 is 14.9 Å². The molecule has 2 N–H and O–H groups in total. The Kier molecular flexibility index (Phi) is 4.79. The maximum atomic E-state index is 9.71. The van der Waals surface area contributed by atoms with E-state index in [0.717, 1.165) is 32.5 Å². The van der Waals surface area contributed by atoms with Gasteiger partial charge in [-0.3, -0.25) is 4.90 Å². The average molecular weight is 243 g/mol. The van der Waals surface area contributed by atoms with Crippen LogP contribution in [0, 0.1) is 5.41 Å². The predicted molar refractivity (Wildman–Crippen MR) is 65.9 cm³/mol. The van der Waals surface area contributed by atoms with Gasteiger partial charge in [-0.05, 0) is 12.8 Å². The molecule has 100 valence electrons. The van der Waals surface area contributed by atoms with Gasteiger partial charge in [0.15, 0.2) is 0 Å². The molecule has 0 amide bonds. The molecule has 0 aromatic heterocycles. The highest BCUT2D eigenvalue weighted by molar-refractivity contribution is 4.88. The van der Waals surface area contributed by atoms with Crippen LogP contribution in [0.4, 0.5) is 0 Å². The molecule has 0 bridgehead atoms. The maximum absolute atomic E-state index is 9.71. The highest BCUT2D eigenvalue weighted by atomic mass is 16.5. The molecule has 4 nitrogen and oxygen atoms in total. The number of ether oxygens (including phenoxy) is 1. The Hall–Kier alpha value is -0.160. The zero-order chi connectivity index (χ0) is 12.1. The van der Waals surface area contributed by atoms with Crippen LogP contribution < -0.4 is 0 Å². The Labute approximate surface area is 104 Å². The van der Waals surface area contributed by atoms with Crippen molar-refractivity contribution < 1.29 is 14.9 Å². The van der Waals surface area contributed by atoms with Crippen LogP contribution >= 0.6 is 0 Å². The van der Waals surface area contributed by atoms with Crippen molar-refractivity contribution >= 4 is 0 Å². The molecular weight excluding hydrogens is 218 g/mol. The number of hydrogen-bond donors (Lipinski definition) is 2. The van der Waals surface area contributed by atoms with Crippen molar-refractivity contribution in [1.29, 1.82) is 0 Å². The minimum absolute atomic E-state index is 0.0724. The molecule has 2 fully saturated rings. The van der Waals surface area contributed by atoms with E-state index < -0.39 is 0 Å². The van der Waals surface area contributed by atoms with Crippen molar-refractivity contribution in [3.05, 3.63) is 0 Å². The van der Waals surface area contributed by atoms with E-state index >= 15 is 0 Å². The molecule has 0 aromatic rings. The molecule has 1 unspecified atom stereocenters. The minimum Gasteiger partial charge on any atom is -0.396 e. The van der Waals surface area contributed by atoms with E-state index in [2.05, 4.69) is 4.90 Å². The molecule has 17 heavy (non-hydrogen) atoms. The Bertz CT molecular complexity index is 229. The lowest BCUT2D eigenvalue weighted by molar-refractivity contribution is -0.0593. The third-order valence-electron chi connectivity index (χ3n) is 4.35. The molecule has 1 saturated carbocycles. The number of hydrogen-bond acceptors (Lipinski definition) is 4. The molecule has 0 radical (unpaired) electrons. The zero-order valence-electron chi connectivity index (χ0n) is 10.6. The minimum atomic E-state index is 0.0724. The fourth-order valence-electron chi connectivity index (χ4n) is 3.16. The monoisotopic (exact) mass is 243 g/mol. The second kappa shape index (κ2) is 6.14. The first-order valence-electron chi connectivity index (χ1n) is 6.83. The van der Waals surface area contributed by atoms with Gasteiger partial charge in [0.05, 0.1) is 25.9 Å². The van der Waals surface area contributed by atoms with Gasteiger partial charge >= 0.3 is 0 Å². The molecule has 2 rings (SSSR count). The second-order valence-corrected chi connectivity index (χ2v) is 5.60. The number of nitrogens with zero attached hydrogens (tertiary/aromatic N) is 1. The zero-order valence-corrected chi connectivity index (χ0v) is 10.6. The number of rotatable bonds is 4. The van der Waals surface area contributed by atoms with Crippen LogP contribution in [0.1, 0.15) is 32.1 Å². The summed E-state index contributed by atoms with van der Waals surface area (Å²) >= 11 is 0. The van der Waals surface area contributed by atoms with Crippen molar-refractivity contribution in [2.45, 2.75) is 38.1 Å². The molecule has 1 atom stereocenters. The van der Waals surface area contributed by atoms with E-state index in [0.29, 0.717) is 6.61 Å². The molecule has 0 spiro atoms. The lowest BCUT2D eigenvalue weighted by atomic mass is 9.74. The summed E-state index contributed by atoms with van der Waals surface area (Å²) in [4.78, 5) is 2.31. The fraction of sp³-hybridized carbons (Fsp3) is 1.00. The summed E-state index contributed by atoms with van der Waals surface area (Å²) < 4.78 is 5.39. The summed E-state index contributed by atoms with van der Waals surface area (Å²) in [6.45, 7) is 3.60. The fourth-order valence-corrected chi connectivity index (χ4v) is 3.16. The first-order valence-corrected chi connectivity index (χ1v) is 6.83. The lowest BCUT2D eigenvalue weighted by Gasteiger charge is -2.43. The van der Waals surface area contributed by atoms with Gasteiger partial charge in [0.25, 0.3) is 0 Å². The first-order chi connectivity index (χ1) is 8.29. The van der Waals surface area contributed by atoms with Gasteiger partial charge in [-0.1, -0.05) is 19.3 Å². The number of aliphatic hydroxyl groups is 2. The van der Waals surface area contributed by atoms with Crippen molar-refractivity contribution in [3.8, 4) is 0 Å². The third kappa shape index (κ3) is 3.19. The average Bonchev–Trinajstić information content (AvgIpc) is 2.40. The predicted octanol–water partition coefficient (Wildman–Crippen LogP) is 0.622. The standard InChI is InChI=1S/C13H25NO3/c15-8-12-9-17-7-6-14(12)10-13(11-16)4-2-1-3-5-13/h12,15-16H,1-11H2. The maximum Gasteiger partial charge on any atom is 0.0644 e. The van der Waals surface area contributed by atoms with Crippen molar-refractivity contribution in [3.63, 3.8) is 0 Å². The summed E-state index contributed by atoms with van der Waals surface area (Å²) in [5, 5.41) is 19.1. The quantitative estimate of drug-likeness (QED) is 0.760. The molecule has 0 aromatic carbocycles. The highest BCUT2D eigenvalue weighted by Crippen LogP contribution is 2.37. The van der Waals surface area contributed by atoms with Gasteiger partial charge in [-0.25, -0.2) is 0 Å². The van der Waals surface area contributed by atoms with Gasteiger partial charge in [0.2, 0.25) is 0 Å². The Morgan fingerprint density at radius 2 is 1.94 bits per heavy atom. The number of morpholine rings is 1. The van der Waals surface area contributed by atoms with E-state index in [9.17, 15) is 10.2 Å². The van der Waals surface area contributed by atoms with Gasteiger partial charge in [0.1, 0.15) is 0 Å². The SMILES string of the molecule is OCC1COCCN1CC1(CO)CCCCC1. The summed E-state index contributed by atoms with van der Waals surface area (Å²) in [7, 11) is 0. The summed E-state index contributed by atoms with van der Waals surface area (Å²) in [6, 6.07) is 0.120. The van der Waals surface area contributed by atoms with E-state index in [1.54, 1.807) is 0 Å². The van der Waals surface area contributed by atoms with Crippen LogP contribution in [-0.4, -0.2) is 60.7 Å². The summed E-state index contributed by atoms with van der Waals surface area (Å²) in [5.41, 5.74) is 0.0724. The Balaban J connectivity index is 1.96. The van der Waals surface area contributed by atoms with Crippen molar-refractivity contribution in [2.75, 3.05) is 39.5 Å². The largest absolute Gasteiger partial charge is 0.396 e. The van der Waals surface area contributed by atoms with E-state index in [1.165, 1.54) is 19.3 Å². The second-order valence-electron chi connectivity index (χ2n) is 5.60. The van der Waals surface area contributed by atoms with Crippen molar-refractivity contribution in [1.82, 2.24) is 4.90 Å². The van der Waals surface area contributed by atoms with Crippen LogP contribution in [0.2, 0.25) is 0 Å². The molecular formula is C13H25NO3. The third-order valence-corrected chi connectivity index (χ3v) is 4.35. The van der Waals surface area contributed by atoms with E-state index in [4.69, 9.17) is 4.74 Å². The normalized spacial score (nSPS) is 30.4. The molecule has 1 aliphatic heterocycles. The van der Waals surface area contributed by atoms with Crippen LogP contribution in [0.15, 0.2) is 0 Å². The summed E-state index contributed by atoms with van der Waals surface area (Å²) in [5.74, 6) is 0. The van der Waals surface area contributed by atoms with E-state index in [1.807, 2.05) is 0 Å². The van der Waals surface area contributed by atoms with Gasteiger partial charge in [-0.2, -0.15) is 0 Å². The van der Waals surface area contributed by atoms with E-state index in [-0.39, 0.29) is 24.7 Å². The highest BCUT2D eigenvalue weighted by Gasteiger charge is 2.36. The Morgan fingerprint density at radius 3 is 2.59 bits per heavy atom. The van der Waals surface area contributed by atoms with Crippen molar-refractivity contribution in [2.24, 2.45) is 5.41 Å². The van der Waals surface area contributed by atoms with Crippen LogP contribution in [0.3, 0.4) is 0 Å². The molecule has 1 heterocycles. The molecule has 1 aliphatic carbocycles. The molecule has 4 heteroatoms. The van der Waals surface area contributed by atoms with Crippen LogP contribution in [0.25, 0.3) is 0 Å². The van der Waals surface area contributed by atoms with Crippen LogP contribution in [-0.2, 0) is 4.74 Å². The topological polar surface area (TPSA) is 52.9 Å². The molecule has 1 saturated heterocycles. The van der Waals surface area contributed by atoms with Gasteiger partial charge in [-0.15, -0.1) is 0 Å². The number of aliphatic hydroxyl groups excluding tert-OH is 2. The Morgan fingerprint density at radius 1 is 1.18 bits per heavy atom. The summed E-state index contributed by atoms with van der Waals surface area (Å²) in [6.07, 6.45) is 6.01. The first kappa shape index (κ1) is 13.3. The smallest absolute Gasteiger partial charge is 0.0644 e. The van der Waals surface area contributed by atoms with Crippen LogP contribution in [0.5, 0.6) is 0 Å². The van der Waals surface area contributed by atoms with Gasteiger partial charge in [0, 0.05) is 25.1 Å². The lowest BCUT2D eigenvalue weighted by Crippen LogP contribution is -2.52.